The van der Waals surface area contributed by atoms with Gasteiger partial charge in [0.25, 0.3) is 0 Å². The number of aliphatic hydroxyl groups excluding tert-OH is 1. The lowest BCUT2D eigenvalue weighted by Gasteiger charge is -2.14. The summed E-state index contributed by atoms with van der Waals surface area (Å²) in [6.45, 7) is 1.86. The van der Waals surface area contributed by atoms with Crippen LogP contribution in [0.3, 0.4) is 0 Å². The van der Waals surface area contributed by atoms with E-state index in [0.717, 1.165) is 20.3 Å². The minimum absolute atomic E-state index is 0.236. The summed E-state index contributed by atoms with van der Waals surface area (Å²) in [7, 11) is 0. The molecule has 1 nitrogen and oxygen atoms in total. The topological polar surface area (TPSA) is 20.2 Å². The molecule has 0 aliphatic rings. The van der Waals surface area contributed by atoms with Crippen molar-refractivity contribution < 1.29 is 9.50 Å². The first-order chi connectivity index (χ1) is 8.58. The van der Waals surface area contributed by atoms with Gasteiger partial charge in [-0.05, 0) is 64.4 Å². The zero-order valence-corrected chi connectivity index (χ0v) is 12.2. The van der Waals surface area contributed by atoms with E-state index in [-0.39, 0.29) is 5.82 Å². The summed E-state index contributed by atoms with van der Waals surface area (Å²) in [4.78, 5) is 0. The van der Waals surface area contributed by atoms with Crippen LogP contribution in [0.15, 0.2) is 42.5 Å². The Morgan fingerprint density at radius 3 is 2.61 bits per heavy atom. The molecule has 1 N–H and O–H groups in total. The second-order valence-corrected chi connectivity index (χ2v) is 5.47. The van der Waals surface area contributed by atoms with E-state index in [1.54, 1.807) is 6.07 Å². The van der Waals surface area contributed by atoms with Gasteiger partial charge in [-0.1, -0.05) is 24.3 Å². The number of rotatable bonds is 3. The summed E-state index contributed by atoms with van der Waals surface area (Å²) in [5.74, 6) is -0.236. The third kappa shape index (κ3) is 3.09. The minimum Gasteiger partial charge on any atom is -0.388 e. The Kier molecular flexibility index (Phi) is 4.35. The molecule has 0 bridgehead atoms. The van der Waals surface area contributed by atoms with Crippen molar-refractivity contribution in [3.8, 4) is 0 Å². The molecule has 1 atom stereocenters. The number of hydrogen-bond acceptors (Lipinski definition) is 1. The molecule has 2 aromatic rings. The molecule has 0 aliphatic carbocycles. The van der Waals surface area contributed by atoms with Crippen molar-refractivity contribution in [2.45, 2.75) is 19.4 Å². The molecule has 3 heteroatoms. The van der Waals surface area contributed by atoms with Gasteiger partial charge in [0, 0.05) is 9.99 Å². The van der Waals surface area contributed by atoms with Crippen molar-refractivity contribution in [3.63, 3.8) is 0 Å². The standard InChI is InChI=1S/C15H14FIO/c1-10-8-12(16)7-6-11(10)9-15(18)13-4-2-3-5-14(13)17/h2-8,15,18H,9H2,1H3. The molecule has 0 fully saturated rings. The number of hydrogen-bond donors (Lipinski definition) is 1. The first kappa shape index (κ1) is 13.5. The highest BCUT2D eigenvalue weighted by atomic mass is 127. The third-order valence-corrected chi connectivity index (χ3v) is 3.96. The van der Waals surface area contributed by atoms with Crippen LogP contribution in [0.25, 0.3) is 0 Å². The van der Waals surface area contributed by atoms with Gasteiger partial charge in [0.05, 0.1) is 6.10 Å². The van der Waals surface area contributed by atoms with Crippen LogP contribution in [0.2, 0.25) is 0 Å². The zero-order chi connectivity index (χ0) is 13.1. The summed E-state index contributed by atoms with van der Waals surface area (Å²) in [6.07, 6.45) is -0.0474. The van der Waals surface area contributed by atoms with Crippen molar-refractivity contribution in [1.29, 1.82) is 0 Å². The Morgan fingerprint density at radius 2 is 1.94 bits per heavy atom. The largest absolute Gasteiger partial charge is 0.388 e. The van der Waals surface area contributed by atoms with Crippen LogP contribution >= 0.6 is 22.6 Å². The van der Waals surface area contributed by atoms with E-state index in [1.165, 1.54) is 12.1 Å². The average molecular weight is 356 g/mol. The lowest BCUT2D eigenvalue weighted by molar-refractivity contribution is 0.177. The molecule has 0 heterocycles. The molecule has 0 amide bonds. The van der Waals surface area contributed by atoms with Crippen LogP contribution in [0.1, 0.15) is 22.8 Å². The zero-order valence-electron chi connectivity index (χ0n) is 10.0. The normalized spacial score (nSPS) is 12.4. The fourth-order valence-electron chi connectivity index (χ4n) is 1.95. The van der Waals surface area contributed by atoms with Gasteiger partial charge in [0.15, 0.2) is 0 Å². The molecular weight excluding hydrogens is 342 g/mol. The molecule has 0 aromatic heterocycles. The fraction of sp³-hybridized carbons (Fsp3) is 0.200. The lowest BCUT2D eigenvalue weighted by atomic mass is 9.98. The molecule has 2 rings (SSSR count). The van der Waals surface area contributed by atoms with Crippen LogP contribution in [0.5, 0.6) is 0 Å². The van der Waals surface area contributed by atoms with Crippen molar-refractivity contribution in [2.75, 3.05) is 0 Å². The first-order valence-corrected chi connectivity index (χ1v) is 6.83. The molecule has 0 aliphatic heterocycles. The van der Waals surface area contributed by atoms with Gasteiger partial charge in [-0.25, -0.2) is 4.39 Å². The van der Waals surface area contributed by atoms with Gasteiger partial charge in [-0.3, -0.25) is 0 Å². The molecule has 0 saturated heterocycles. The quantitative estimate of drug-likeness (QED) is 0.824. The van der Waals surface area contributed by atoms with Crippen LogP contribution in [-0.2, 0) is 6.42 Å². The van der Waals surface area contributed by atoms with Gasteiger partial charge in [-0.2, -0.15) is 0 Å². The molecular formula is C15H14FIO. The maximum atomic E-state index is 13.0. The third-order valence-electron chi connectivity index (χ3n) is 2.98. The Balaban J connectivity index is 2.21. The van der Waals surface area contributed by atoms with Crippen molar-refractivity contribution in [2.24, 2.45) is 0 Å². The Bertz CT molecular complexity index is 554. The summed E-state index contributed by atoms with van der Waals surface area (Å²) in [5.41, 5.74) is 2.77. The molecule has 0 saturated carbocycles. The van der Waals surface area contributed by atoms with Crippen LogP contribution < -0.4 is 0 Å². The van der Waals surface area contributed by atoms with E-state index < -0.39 is 6.10 Å². The molecule has 18 heavy (non-hydrogen) atoms. The number of aliphatic hydroxyl groups is 1. The molecule has 1 unspecified atom stereocenters. The van der Waals surface area contributed by atoms with E-state index in [0.29, 0.717) is 6.42 Å². The van der Waals surface area contributed by atoms with Gasteiger partial charge in [0.2, 0.25) is 0 Å². The van der Waals surface area contributed by atoms with Crippen LogP contribution in [-0.4, -0.2) is 5.11 Å². The first-order valence-electron chi connectivity index (χ1n) is 5.75. The fourth-order valence-corrected chi connectivity index (χ4v) is 2.70. The maximum absolute atomic E-state index is 13.0. The number of aryl methyl sites for hydroxylation is 1. The van der Waals surface area contributed by atoms with E-state index >= 15 is 0 Å². The second-order valence-electron chi connectivity index (χ2n) is 4.31. The predicted molar refractivity (Wildman–Crippen MR) is 79.0 cm³/mol. The molecule has 0 radical (unpaired) electrons. The van der Waals surface area contributed by atoms with Crippen molar-refractivity contribution in [1.82, 2.24) is 0 Å². The van der Waals surface area contributed by atoms with E-state index in [2.05, 4.69) is 22.6 Å². The second kappa shape index (κ2) is 5.80. The monoisotopic (exact) mass is 356 g/mol. The Hall–Kier alpha value is -0.940. The highest BCUT2D eigenvalue weighted by Gasteiger charge is 2.12. The highest BCUT2D eigenvalue weighted by molar-refractivity contribution is 14.1. The minimum atomic E-state index is -0.553. The van der Waals surface area contributed by atoms with Crippen LogP contribution in [0, 0.1) is 16.3 Å². The van der Waals surface area contributed by atoms with Gasteiger partial charge < -0.3 is 5.11 Å². The van der Waals surface area contributed by atoms with E-state index in [9.17, 15) is 9.50 Å². The lowest BCUT2D eigenvalue weighted by Crippen LogP contribution is -2.05. The van der Waals surface area contributed by atoms with Crippen LogP contribution in [0.4, 0.5) is 4.39 Å². The van der Waals surface area contributed by atoms with Crippen molar-refractivity contribution in [3.05, 3.63) is 68.5 Å². The Labute approximate surface area is 120 Å². The van der Waals surface area contributed by atoms with Crippen molar-refractivity contribution >= 4 is 22.6 Å². The number of halogens is 2. The Morgan fingerprint density at radius 1 is 1.22 bits per heavy atom. The molecule has 0 spiro atoms. The number of benzene rings is 2. The highest BCUT2D eigenvalue weighted by Crippen LogP contribution is 2.24. The average Bonchev–Trinajstić information content (AvgIpc) is 2.33. The molecule has 2 aromatic carbocycles. The SMILES string of the molecule is Cc1cc(F)ccc1CC(O)c1ccccc1I. The summed E-state index contributed by atoms with van der Waals surface area (Å²) in [5, 5.41) is 10.2. The predicted octanol–water partition coefficient (Wildman–Crippen LogP) is 4.01. The summed E-state index contributed by atoms with van der Waals surface area (Å²) < 4.78 is 14.1. The van der Waals surface area contributed by atoms with Gasteiger partial charge >= 0.3 is 0 Å². The maximum Gasteiger partial charge on any atom is 0.123 e. The van der Waals surface area contributed by atoms with E-state index in [4.69, 9.17) is 0 Å². The van der Waals surface area contributed by atoms with Gasteiger partial charge in [0.1, 0.15) is 5.82 Å². The smallest absolute Gasteiger partial charge is 0.123 e. The van der Waals surface area contributed by atoms with Gasteiger partial charge in [-0.15, -0.1) is 0 Å². The molecule has 94 valence electrons. The van der Waals surface area contributed by atoms with E-state index in [1.807, 2.05) is 31.2 Å². The summed E-state index contributed by atoms with van der Waals surface area (Å²) >= 11 is 2.21. The summed E-state index contributed by atoms with van der Waals surface area (Å²) in [6, 6.07) is 12.4.